The van der Waals surface area contributed by atoms with Gasteiger partial charge in [0.25, 0.3) is 0 Å². The minimum Gasteiger partial charge on any atom is -0.336 e. The van der Waals surface area contributed by atoms with Crippen LogP contribution in [0.5, 0.6) is 0 Å². The molecule has 1 saturated heterocycles. The summed E-state index contributed by atoms with van der Waals surface area (Å²) < 4.78 is 41.9. The first-order chi connectivity index (χ1) is 15.5. The molecule has 1 atom stereocenters. The highest BCUT2D eigenvalue weighted by Crippen LogP contribution is 2.28. The number of halogens is 3. The minimum absolute atomic E-state index is 0.0367. The van der Waals surface area contributed by atoms with Gasteiger partial charge in [-0.25, -0.2) is 28.5 Å². The third-order valence-corrected chi connectivity index (χ3v) is 5.30. The quantitative estimate of drug-likeness (QED) is 0.460. The lowest BCUT2D eigenvalue weighted by Gasteiger charge is -2.16. The number of benzene rings is 1. The zero-order valence-electron chi connectivity index (χ0n) is 16.6. The summed E-state index contributed by atoms with van der Waals surface area (Å²) in [6, 6.07) is 8.48. The van der Waals surface area contributed by atoms with E-state index in [9.17, 15) is 18.0 Å². The standard InChI is InChI=1S/C22H17F3N6O/c23-13-5-7-31(11-13)22(32)28-14-3-4-17(24)16(9-14)20-29-18-8-12(10-27-21(18)30-20)15-2-1-6-26-19(15)25/h1-4,6,8-10,13H,5,7,11H2,(H,28,32)(H,27,29,30)/t13-/m1/s1. The number of hydrogen-bond donors (Lipinski definition) is 2. The lowest BCUT2D eigenvalue weighted by atomic mass is 10.1. The van der Waals surface area contributed by atoms with Crippen LogP contribution in [0.3, 0.4) is 0 Å². The van der Waals surface area contributed by atoms with Gasteiger partial charge in [0.05, 0.1) is 17.6 Å². The molecule has 7 nitrogen and oxygen atoms in total. The Kier molecular flexibility index (Phi) is 4.96. The van der Waals surface area contributed by atoms with E-state index in [0.717, 1.165) is 0 Å². The molecule has 2 amide bonds. The molecular weight excluding hydrogens is 421 g/mol. The average Bonchev–Trinajstić information content (AvgIpc) is 3.41. The predicted molar refractivity (Wildman–Crippen MR) is 113 cm³/mol. The van der Waals surface area contributed by atoms with E-state index >= 15 is 0 Å². The second-order valence-electron chi connectivity index (χ2n) is 7.48. The van der Waals surface area contributed by atoms with Gasteiger partial charge >= 0.3 is 6.03 Å². The van der Waals surface area contributed by atoms with E-state index in [1.807, 2.05) is 0 Å². The first kappa shape index (κ1) is 20.0. The molecule has 4 aromatic rings. The van der Waals surface area contributed by atoms with Gasteiger partial charge in [-0.1, -0.05) is 0 Å². The monoisotopic (exact) mass is 438 g/mol. The number of hydrogen-bond acceptors (Lipinski definition) is 4. The SMILES string of the molecule is O=C(Nc1ccc(F)c(-c2nc3ncc(-c4cccnc4F)cc3[nH]2)c1)N1CC[C@@H](F)C1. The zero-order valence-corrected chi connectivity index (χ0v) is 16.6. The molecule has 5 rings (SSSR count). The van der Waals surface area contributed by atoms with Crippen molar-refractivity contribution in [3.8, 4) is 22.5 Å². The van der Waals surface area contributed by atoms with E-state index in [2.05, 4.69) is 25.3 Å². The molecule has 1 aliphatic heterocycles. The van der Waals surface area contributed by atoms with Gasteiger partial charge in [-0.2, -0.15) is 4.39 Å². The smallest absolute Gasteiger partial charge is 0.321 e. The second-order valence-corrected chi connectivity index (χ2v) is 7.48. The van der Waals surface area contributed by atoms with Crippen molar-refractivity contribution in [3.63, 3.8) is 0 Å². The van der Waals surface area contributed by atoms with Crippen LogP contribution in [0.25, 0.3) is 33.7 Å². The van der Waals surface area contributed by atoms with Crippen molar-refractivity contribution >= 4 is 22.9 Å². The Morgan fingerprint density at radius 3 is 2.81 bits per heavy atom. The normalized spacial score (nSPS) is 16.0. The van der Waals surface area contributed by atoms with Crippen LogP contribution < -0.4 is 5.32 Å². The van der Waals surface area contributed by atoms with Gasteiger partial charge in [-0.3, -0.25) is 0 Å². The van der Waals surface area contributed by atoms with Crippen LogP contribution in [0.1, 0.15) is 6.42 Å². The summed E-state index contributed by atoms with van der Waals surface area (Å²) in [6.45, 7) is 0.366. The lowest BCUT2D eigenvalue weighted by Crippen LogP contribution is -2.33. The predicted octanol–water partition coefficient (Wildman–Crippen LogP) is 4.54. The highest BCUT2D eigenvalue weighted by Gasteiger charge is 2.26. The summed E-state index contributed by atoms with van der Waals surface area (Å²) >= 11 is 0. The number of urea groups is 1. The van der Waals surface area contributed by atoms with Crippen molar-refractivity contribution in [2.24, 2.45) is 0 Å². The number of likely N-dealkylation sites (tertiary alicyclic amines) is 1. The van der Waals surface area contributed by atoms with E-state index in [1.54, 1.807) is 18.2 Å². The van der Waals surface area contributed by atoms with Crippen molar-refractivity contribution in [2.45, 2.75) is 12.6 Å². The fourth-order valence-corrected chi connectivity index (χ4v) is 3.67. The molecule has 1 aliphatic rings. The Morgan fingerprint density at radius 2 is 2.03 bits per heavy atom. The third-order valence-electron chi connectivity index (χ3n) is 5.30. The molecule has 1 aromatic carbocycles. The van der Waals surface area contributed by atoms with E-state index in [1.165, 1.54) is 35.5 Å². The number of nitrogens with zero attached hydrogens (tertiary/aromatic N) is 4. The molecule has 0 radical (unpaired) electrons. The minimum atomic E-state index is -1.03. The van der Waals surface area contributed by atoms with Crippen molar-refractivity contribution in [2.75, 3.05) is 18.4 Å². The highest BCUT2D eigenvalue weighted by atomic mass is 19.1. The summed E-state index contributed by atoms with van der Waals surface area (Å²) in [4.78, 5) is 28.9. The first-order valence-corrected chi connectivity index (χ1v) is 9.94. The van der Waals surface area contributed by atoms with Gasteiger partial charge in [0.1, 0.15) is 17.8 Å². The molecule has 10 heteroatoms. The van der Waals surface area contributed by atoms with Gasteiger partial charge in [0.15, 0.2) is 5.65 Å². The van der Waals surface area contributed by atoms with Gasteiger partial charge in [0, 0.05) is 35.8 Å². The maximum atomic E-state index is 14.6. The topological polar surface area (TPSA) is 86.8 Å². The number of fused-ring (bicyclic) bond motifs is 1. The molecule has 0 saturated carbocycles. The number of carbonyl (C=O) groups excluding carboxylic acids is 1. The number of carbonyl (C=O) groups is 1. The average molecular weight is 438 g/mol. The Bertz CT molecular complexity index is 1320. The molecule has 0 spiro atoms. The maximum Gasteiger partial charge on any atom is 0.321 e. The number of anilines is 1. The Hall–Kier alpha value is -3.95. The van der Waals surface area contributed by atoms with Crippen molar-refractivity contribution in [3.05, 3.63) is 60.6 Å². The molecule has 0 aliphatic carbocycles. The van der Waals surface area contributed by atoms with Crippen molar-refractivity contribution < 1.29 is 18.0 Å². The van der Waals surface area contributed by atoms with Gasteiger partial charge < -0.3 is 15.2 Å². The van der Waals surface area contributed by atoms with Gasteiger partial charge in [-0.15, -0.1) is 0 Å². The van der Waals surface area contributed by atoms with Crippen LogP contribution in [0.15, 0.2) is 48.8 Å². The molecule has 1 fully saturated rings. The number of pyridine rings is 2. The summed E-state index contributed by atoms with van der Waals surface area (Å²) in [7, 11) is 0. The summed E-state index contributed by atoms with van der Waals surface area (Å²) in [5, 5.41) is 2.66. The number of aromatic amines is 1. The number of amides is 2. The summed E-state index contributed by atoms with van der Waals surface area (Å²) in [5.74, 6) is -0.972. The molecule has 2 N–H and O–H groups in total. The largest absolute Gasteiger partial charge is 0.336 e. The van der Waals surface area contributed by atoms with Crippen LogP contribution in [-0.2, 0) is 0 Å². The number of imidazole rings is 1. The van der Waals surface area contributed by atoms with E-state index < -0.39 is 24.0 Å². The molecule has 3 aromatic heterocycles. The maximum absolute atomic E-state index is 14.6. The second kappa shape index (κ2) is 7.95. The third kappa shape index (κ3) is 3.75. The number of H-pyrrole nitrogens is 1. The van der Waals surface area contributed by atoms with Crippen LogP contribution >= 0.6 is 0 Å². The fraction of sp³-hybridized carbons (Fsp3) is 0.182. The van der Waals surface area contributed by atoms with E-state index in [-0.39, 0.29) is 23.5 Å². The Labute approximate surface area is 180 Å². The van der Waals surface area contributed by atoms with Crippen LogP contribution in [0.2, 0.25) is 0 Å². The number of alkyl halides is 1. The summed E-state index contributed by atoms with van der Waals surface area (Å²) in [5.41, 5.74) is 2.07. The van der Waals surface area contributed by atoms with Gasteiger partial charge in [-0.05, 0) is 42.8 Å². The molecule has 0 unspecified atom stereocenters. The zero-order chi connectivity index (χ0) is 22.2. The van der Waals surface area contributed by atoms with E-state index in [0.29, 0.717) is 35.4 Å². The molecule has 0 bridgehead atoms. The molecule has 162 valence electrons. The van der Waals surface area contributed by atoms with Crippen LogP contribution in [0.4, 0.5) is 23.7 Å². The van der Waals surface area contributed by atoms with Crippen LogP contribution in [-0.4, -0.2) is 50.1 Å². The summed E-state index contributed by atoms with van der Waals surface area (Å²) in [6.07, 6.45) is 2.10. The number of nitrogens with one attached hydrogen (secondary N) is 2. The Balaban J connectivity index is 1.45. The van der Waals surface area contributed by atoms with Crippen LogP contribution in [0, 0.1) is 11.8 Å². The van der Waals surface area contributed by atoms with Crippen molar-refractivity contribution in [1.82, 2.24) is 24.8 Å². The Morgan fingerprint density at radius 1 is 1.16 bits per heavy atom. The first-order valence-electron chi connectivity index (χ1n) is 9.94. The molecule has 32 heavy (non-hydrogen) atoms. The fourth-order valence-electron chi connectivity index (χ4n) is 3.67. The van der Waals surface area contributed by atoms with E-state index in [4.69, 9.17) is 0 Å². The van der Waals surface area contributed by atoms with Crippen molar-refractivity contribution in [1.29, 1.82) is 0 Å². The lowest BCUT2D eigenvalue weighted by molar-refractivity contribution is 0.218. The molecule has 4 heterocycles. The number of aromatic nitrogens is 4. The molecular formula is C22H17F3N6O. The van der Waals surface area contributed by atoms with Gasteiger partial charge in [0.2, 0.25) is 5.95 Å². The highest BCUT2D eigenvalue weighted by molar-refractivity contribution is 5.90. The number of rotatable bonds is 3.